The average molecular weight is 240 g/mol. The summed E-state index contributed by atoms with van der Waals surface area (Å²) in [7, 11) is 0. The molecule has 1 heterocycles. The van der Waals surface area contributed by atoms with Crippen molar-refractivity contribution in [2.75, 3.05) is 13.2 Å². The number of rotatable bonds is 4. The van der Waals surface area contributed by atoms with Gasteiger partial charge in [0.2, 0.25) is 0 Å². The van der Waals surface area contributed by atoms with Crippen LogP contribution in [0.3, 0.4) is 0 Å². The van der Waals surface area contributed by atoms with Crippen molar-refractivity contribution in [2.24, 2.45) is 23.6 Å². The molecule has 2 aliphatic rings. The molecule has 0 radical (unpaired) electrons. The van der Waals surface area contributed by atoms with E-state index in [0.29, 0.717) is 6.04 Å². The van der Waals surface area contributed by atoms with Gasteiger partial charge in [0.1, 0.15) is 0 Å². The topological polar surface area (TPSA) is 47.3 Å². The standard InChI is InChI=1S/C14H28N2O/c1-2-11-4-3-5-13(10-11)14(16-15)12-6-8-17-9-7-12/h11-14,16H,2-10,15H2,1H3. The molecule has 1 aliphatic heterocycles. The molecule has 3 unspecified atom stereocenters. The number of hydrogen-bond donors (Lipinski definition) is 2. The Morgan fingerprint density at radius 1 is 1.18 bits per heavy atom. The van der Waals surface area contributed by atoms with Crippen LogP contribution in [0.1, 0.15) is 51.9 Å². The van der Waals surface area contributed by atoms with Gasteiger partial charge in [-0.2, -0.15) is 0 Å². The second-order valence-corrected chi connectivity index (χ2v) is 5.84. The van der Waals surface area contributed by atoms with Crippen LogP contribution >= 0.6 is 0 Å². The highest BCUT2D eigenvalue weighted by atomic mass is 16.5. The zero-order valence-electron chi connectivity index (χ0n) is 11.2. The molecule has 0 aromatic rings. The summed E-state index contributed by atoms with van der Waals surface area (Å²) in [5, 5.41) is 0. The minimum absolute atomic E-state index is 0.522. The summed E-state index contributed by atoms with van der Waals surface area (Å²) in [6.45, 7) is 4.17. The van der Waals surface area contributed by atoms with Crippen LogP contribution in [0.15, 0.2) is 0 Å². The lowest BCUT2D eigenvalue weighted by molar-refractivity contribution is 0.0371. The first kappa shape index (κ1) is 13.3. The molecule has 0 bridgehead atoms. The zero-order valence-corrected chi connectivity index (χ0v) is 11.2. The first-order valence-electron chi connectivity index (χ1n) is 7.39. The number of hydrazine groups is 1. The maximum absolute atomic E-state index is 5.83. The minimum atomic E-state index is 0.522. The molecule has 3 atom stereocenters. The van der Waals surface area contributed by atoms with Crippen molar-refractivity contribution in [3.8, 4) is 0 Å². The van der Waals surface area contributed by atoms with Gasteiger partial charge in [0.15, 0.2) is 0 Å². The second-order valence-electron chi connectivity index (χ2n) is 5.84. The minimum Gasteiger partial charge on any atom is -0.381 e. The van der Waals surface area contributed by atoms with Crippen molar-refractivity contribution < 1.29 is 4.74 Å². The third-order valence-electron chi connectivity index (χ3n) is 4.87. The molecule has 0 aromatic carbocycles. The van der Waals surface area contributed by atoms with Crippen LogP contribution < -0.4 is 11.3 Å². The fourth-order valence-electron chi connectivity index (χ4n) is 3.76. The van der Waals surface area contributed by atoms with Gasteiger partial charge >= 0.3 is 0 Å². The fraction of sp³-hybridized carbons (Fsp3) is 1.00. The molecule has 3 N–H and O–H groups in total. The summed E-state index contributed by atoms with van der Waals surface area (Å²) in [6, 6.07) is 0.522. The number of nitrogens with one attached hydrogen (secondary N) is 1. The van der Waals surface area contributed by atoms with Crippen molar-refractivity contribution in [1.82, 2.24) is 5.43 Å². The van der Waals surface area contributed by atoms with Crippen LogP contribution in [0, 0.1) is 17.8 Å². The number of hydrogen-bond acceptors (Lipinski definition) is 3. The van der Waals surface area contributed by atoms with Crippen molar-refractivity contribution in [3.05, 3.63) is 0 Å². The first-order chi connectivity index (χ1) is 8.35. The predicted octanol–water partition coefficient (Wildman–Crippen LogP) is 2.46. The predicted molar refractivity (Wildman–Crippen MR) is 70.4 cm³/mol. The molecule has 2 fully saturated rings. The molecule has 0 spiro atoms. The molecule has 2 rings (SSSR count). The van der Waals surface area contributed by atoms with Gasteiger partial charge in [0.25, 0.3) is 0 Å². The molecule has 3 heteroatoms. The largest absolute Gasteiger partial charge is 0.381 e. The van der Waals surface area contributed by atoms with Crippen molar-refractivity contribution in [2.45, 2.75) is 57.9 Å². The van der Waals surface area contributed by atoms with Crippen LogP contribution in [0.25, 0.3) is 0 Å². The van der Waals surface area contributed by atoms with Gasteiger partial charge in [0, 0.05) is 19.3 Å². The zero-order chi connectivity index (χ0) is 12.1. The molecular formula is C14H28N2O. The maximum atomic E-state index is 5.83. The lowest BCUT2D eigenvalue weighted by atomic mass is 9.72. The maximum Gasteiger partial charge on any atom is 0.0469 e. The summed E-state index contributed by atoms with van der Waals surface area (Å²) < 4.78 is 5.46. The quantitative estimate of drug-likeness (QED) is 0.586. The van der Waals surface area contributed by atoms with Crippen LogP contribution in [0.2, 0.25) is 0 Å². The Balaban J connectivity index is 1.91. The second kappa shape index (κ2) is 6.72. The van der Waals surface area contributed by atoms with Gasteiger partial charge in [-0.1, -0.05) is 26.2 Å². The summed E-state index contributed by atoms with van der Waals surface area (Å²) in [5.41, 5.74) is 3.13. The van der Waals surface area contributed by atoms with Crippen LogP contribution in [-0.2, 0) is 4.74 Å². The summed E-state index contributed by atoms with van der Waals surface area (Å²) in [6.07, 6.45) is 9.26. The normalized spacial score (nSPS) is 33.5. The summed E-state index contributed by atoms with van der Waals surface area (Å²) in [4.78, 5) is 0. The Hall–Kier alpha value is -0.120. The van der Waals surface area contributed by atoms with E-state index in [1.54, 1.807) is 0 Å². The lowest BCUT2D eigenvalue weighted by Crippen LogP contribution is -2.48. The molecule has 1 saturated heterocycles. The van der Waals surface area contributed by atoms with E-state index in [2.05, 4.69) is 12.3 Å². The van der Waals surface area contributed by atoms with E-state index in [4.69, 9.17) is 10.6 Å². The Labute approximate surface area is 105 Å². The average Bonchev–Trinajstić information content (AvgIpc) is 2.41. The fourth-order valence-corrected chi connectivity index (χ4v) is 3.76. The van der Waals surface area contributed by atoms with Crippen LogP contribution in [0.5, 0.6) is 0 Å². The van der Waals surface area contributed by atoms with E-state index in [0.717, 1.165) is 31.0 Å². The van der Waals surface area contributed by atoms with Gasteiger partial charge in [-0.3, -0.25) is 11.3 Å². The summed E-state index contributed by atoms with van der Waals surface area (Å²) in [5.74, 6) is 8.29. The van der Waals surface area contributed by atoms with Gasteiger partial charge in [0.05, 0.1) is 0 Å². The molecule has 3 nitrogen and oxygen atoms in total. The van der Waals surface area contributed by atoms with E-state index < -0.39 is 0 Å². The molecular weight excluding hydrogens is 212 g/mol. The van der Waals surface area contributed by atoms with Crippen molar-refractivity contribution >= 4 is 0 Å². The first-order valence-corrected chi connectivity index (χ1v) is 7.39. The Bertz CT molecular complexity index is 216. The van der Waals surface area contributed by atoms with Crippen LogP contribution in [0.4, 0.5) is 0 Å². The molecule has 1 aliphatic carbocycles. The Kier molecular flexibility index (Phi) is 5.26. The van der Waals surface area contributed by atoms with Crippen molar-refractivity contribution in [1.29, 1.82) is 0 Å². The smallest absolute Gasteiger partial charge is 0.0469 e. The van der Waals surface area contributed by atoms with E-state index >= 15 is 0 Å². The van der Waals surface area contributed by atoms with Gasteiger partial charge in [-0.05, 0) is 43.4 Å². The number of nitrogens with two attached hydrogens (primary N) is 1. The van der Waals surface area contributed by atoms with E-state index in [-0.39, 0.29) is 0 Å². The van der Waals surface area contributed by atoms with E-state index in [1.807, 2.05) is 0 Å². The van der Waals surface area contributed by atoms with Gasteiger partial charge in [-0.15, -0.1) is 0 Å². The van der Waals surface area contributed by atoms with E-state index in [9.17, 15) is 0 Å². The molecule has 1 saturated carbocycles. The molecule has 0 aromatic heterocycles. The van der Waals surface area contributed by atoms with E-state index in [1.165, 1.54) is 44.9 Å². The van der Waals surface area contributed by atoms with Gasteiger partial charge in [-0.25, -0.2) is 0 Å². The third-order valence-corrected chi connectivity index (χ3v) is 4.87. The molecule has 100 valence electrons. The third kappa shape index (κ3) is 3.43. The number of ether oxygens (including phenoxy) is 1. The SMILES string of the molecule is CCC1CCCC(C(NN)C2CCOCC2)C1. The Morgan fingerprint density at radius 2 is 1.94 bits per heavy atom. The molecule has 0 amide bonds. The highest BCUT2D eigenvalue weighted by Gasteiger charge is 2.33. The highest BCUT2D eigenvalue weighted by Crippen LogP contribution is 2.36. The monoisotopic (exact) mass is 240 g/mol. The molecule has 17 heavy (non-hydrogen) atoms. The highest BCUT2D eigenvalue weighted by molar-refractivity contribution is 4.86. The van der Waals surface area contributed by atoms with Crippen molar-refractivity contribution in [3.63, 3.8) is 0 Å². The van der Waals surface area contributed by atoms with Gasteiger partial charge < -0.3 is 4.74 Å². The van der Waals surface area contributed by atoms with Crippen LogP contribution in [-0.4, -0.2) is 19.3 Å². The summed E-state index contributed by atoms with van der Waals surface area (Å²) >= 11 is 0. The lowest BCUT2D eigenvalue weighted by Gasteiger charge is -2.39. The Morgan fingerprint density at radius 3 is 2.59 bits per heavy atom.